The maximum Gasteiger partial charge on any atom is 0.136 e. The molecule has 1 aromatic rings. The first-order chi connectivity index (χ1) is 8.09. The molecule has 0 amide bonds. The zero-order valence-electron chi connectivity index (χ0n) is 10.1. The standard InChI is InChI=1S/C12H17N3OS/c1-7-3-5-14-12(10(7)11(13)17)15-9-4-6-16-8(9)2/h3,5,8-9H,4,6H2,1-2H3,(H2,13,17)(H,14,15). The molecule has 2 atom stereocenters. The largest absolute Gasteiger partial charge is 0.389 e. The number of hydrogen-bond donors (Lipinski definition) is 2. The lowest BCUT2D eigenvalue weighted by Gasteiger charge is -2.19. The van der Waals surface area contributed by atoms with Crippen LogP contribution in [0, 0.1) is 6.92 Å². The highest BCUT2D eigenvalue weighted by Gasteiger charge is 2.25. The number of aromatic nitrogens is 1. The molecule has 1 aliphatic rings. The third-order valence-corrected chi connectivity index (χ3v) is 3.31. The second-order valence-corrected chi connectivity index (χ2v) is 4.77. The Morgan fingerprint density at radius 3 is 3.00 bits per heavy atom. The second kappa shape index (κ2) is 4.98. The monoisotopic (exact) mass is 251 g/mol. The third-order valence-electron chi connectivity index (χ3n) is 3.10. The van der Waals surface area contributed by atoms with Crippen molar-refractivity contribution in [1.29, 1.82) is 0 Å². The van der Waals surface area contributed by atoms with Gasteiger partial charge in [0.15, 0.2) is 0 Å². The van der Waals surface area contributed by atoms with Gasteiger partial charge in [-0.2, -0.15) is 0 Å². The van der Waals surface area contributed by atoms with E-state index in [0.717, 1.165) is 30.0 Å². The van der Waals surface area contributed by atoms with Gasteiger partial charge in [0, 0.05) is 12.8 Å². The van der Waals surface area contributed by atoms with Crippen molar-refractivity contribution in [1.82, 2.24) is 4.98 Å². The first kappa shape index (κ1) is 12.3. The second-order valence-electron chi connectivity index (χ2n) is 4.33. The highest BCUT2D eigenvalue weighted by molar-refractivity contribution is 7.80. The van der Waals surface area contributed by atoms with Crippen LogP contribution in [-0.2, 0) is 4.74 Å². The molecule has 0 aliphatic carbocycles. The van der Waals surface area contributed by atoms with E-state index in [1.165, 1.54) is 0 Å². The number of anilines is 1. The van der Waals surface area contributed by atoms with E-state index in [-0.39, 0.29) is 12.1 Å². The van der Waals surface area contributed by atoms with Crippen molar-refractivity contribution in [3.05, 3.63) is 23.4 Å². The minimum Gasteiger partial charge on any atom is -0.389 e. The van der Waals surface area contributed by atoms with E-state index in [1.807, 2.05) is 13.0 Å². The number of rotatable bonds is 3. The van der Waals surface area contributed by atoms with Gasteiger partial charge >= 0.3 is 0 Å². The highest BCUT2D eigenvalue weighted by Crippen LogP contribution is 2.22. The minimum absolute atomic E-state index is 0.191. The van der Waals surface area contributed by atoms with Gasteiger partial charge in [-0.15, -0.1) is 0 Å². The first-order valence-electron chi connectivity index (χ1n) is 5.73. The Labute approximate surface area is 107 Å². The van der Waals surface area contributed by atoms with E-state index in [0.29, 0.717) is 4.99 Å². The number of nitrogens with two attached hydrogens (primary N) is 1. The summed E-state index contributed by atoms with van der Waals surface area (Å²) in [6.45, 7) is 4.82. The summed E-state index contributed by atoms with van der Waals surface area (Å²) >= 11 is 5.07. The predicted molar refractivity (Wildman–Crippen MR) is 72.3 cm³/mol. The highest BCUT2D eigenvalue weighted by atomic mass is 32.1. The summed E-state index contributed by atoms with van der Waals surface area (Å²) in [6.07, 6.45) is 2.93. The lowest BCUT2D eigenvalue weighted by atomic mass is 10.1. The van der Waals surface area contributed by atoms with Crippen LogP contribution < -0.4 is 11.1 Å². The van der Waals surface area contributed by atoms with Gasteiger partial charge in [-0.1, -0.05) is 12.2 Å². The van der Waals surface area contributed by atoms with Crippen LogP contribution in [0.15, 0.2) is 12.3 Å². The molecule has 0 aromatic carbocycles. The Balaban J connectivity index is 2.26. The summed E-state index contributed by atoms with van der Waals surface area (Å²) in [7, 11) is 0. The van der Waals surface area contributed by atoms with E-state index >= 15 is 0 Å². The first-order valence-corrected chi connectivity index (χ1v) is 6.14. The van der Waals surface area contributed by atoms with Crippen molar-refractivity contribution in [2.75, 3.05) is 11.9 Å². The lowest BCUT2D eigenvalue weighted by Crippen LogP contribution is -2.29. The number of nitrogens with zero attached hydrogens (tertiary/aromatic N) is 1. The number of pyridine rings is 1. The molecule has 1 fully saturated rings. The average molecular weight is 251 g/mol. The smallest absolute Gasteiger partial charge is 0.136 e. The van der Waals surface area contributed by atoms with Crippen molar-refractivity contribution in [3.63, 3.8) is 0 Å². The van der Waals surface area contributed by atoms with Crippen LogP contribution in [-0.4, -0.2) is 28.7 Å². The van der Waals surface area contributed by atoms with Gasteiger partial charge in [0.05, 0.1) is 17.7 Å². The SMILES string of the molecule is Cc1ccnc(NC2CCOC2C)c1C(N)=S. The summed E-state index contributed by atoms with van der Waals surface area (Å²) in [4.78, 5) is 4.70. The Bertz CT molecular complexity index is 436. The Hall–Kier alpha value is -1.20. The van der Waals surface area contributed by atoms with Gasteiger partial charge in [-0.05, 0) is 31.9 Å². The maximum absolute atomic E-state index is 5.74. The quantitative estimate of drug-likeness (QED) is 0.799. The molecule has 1 aliphatic heterocycles. The molecule has 0 radical (unpaired) electrons. The van der Waals surface area contributed by atoms with Crippen LogP contribution in [0.5, 0.6) is 0 Å². The molecule has 0 bridgehead atoms. The summed E-state index contributed by atoms with van der Waals surface area (Å²) < 4.78 is 5.51. The topological polar surface area (TPSA) is 60.2 Å². The fraction of sp³-hybridized carbons (Fsp3) is 0.500. The molecule has 4 nitrogen and oxygen atoms in total. The summed E-state index contributed by atoms with van der Waals surface area (Å²) in [5.41, 5.74) is 7.62. The number of aryl methyl sites for hydroxylation is 1. The van der Waals surface area contributed by atoms with E-state index in [1.54, 1.807) is 6.20 Å². The number of ether oxygens (including phenoxy) is 1. The molecular formula is C12H17N3OS. The zero-order valence-corrected chi connectivity index (χ0v) is 10.9. The van der Waals surface area contributed by atoms with Gasteiger partial charge < -0.3 is 15.8 Å². The van der Waals surface area contributed by atoms with Crippen LogP contribution in [0.3, 0.4) is 0 Å². The third kappa shape index (κ3) is 2.56. The summed E-state index contributed by atoms with van der Waals surface area (Å²) in [6, 6.07) is 2.19. The molecule has 2 heterocycles. The fourth-order valence-electron chi connectivity index (χ4n) is 2.08. The summed E-state index contributed by atoms with van der Waals surface area (Å²) in [5, 5.41) is 3.38. The van der Waals surface area contributed by atoms with Crippen LogP contribution >= 0.6 is 12.2 Å². The van der Waals surface area contributed by atoms with E-state index < -0.39 is 0 Å². The van der Waals surface area contributed by atoms with Gasteiger partial charge in [0.25, 0.3) is 0 Å². The molecule has 2 rings (SSSR count). The van der Waals surface area contributed by atoms with Gasteiger partial charge in [-0.3, -0.25) is 0 Å². The number of hydrogen-bond acceptors (Lipinski definition) is 4. The molecule has 0 spiro atoms. The Morgan fingerprint density at radius 1 is 1.65 bits per heavy atom. The lowest BCUT2D eigenvalue weighted by molar-refractivity contribution is 0.121. The number of nitrogens with one attached hydrogen (secondary N) is 1. The van der Waals surface area contributed by atoms with E-state index in [4.69, 9.17) is 22.7 Å². The maximum atomic E-state index is 5.74. The minimum atomic E-state index is 0.191. The van der Waals surface area contributed by atoms with Crippen molar-refractivity contribution < 1.29 is 4.74 Å². The summed E-state index contributed by atoms with van der Waals surface area (Å²) in [5.74, 6) is 0.764. The van der Waals surface area contributed by atoms with Crippen LogP contribution in [0.2, 0.25) is 0 Å². The van der Waals surface area contributed by atoms with Crippen molar-refractivity contribution in [2.45, 2.75) is 32.4 Å². The molecule has 92 valence electrons. The zero-order chi connectivity index (χ0) is 12.4. The molecule has 1 aromatic heterocycles. The Kier molecular flexibility index (Phi) is 3.59. The molecular weight excluding hydrogens is 234 g/mol. The van der Waals surface area contributed by atoms with E-state index in [9.17, 15) is 0 Å². The van der Waals surface area contributed by atoms with Crippen LogP contribution in [0.4, 0.5) is 5.82 Å². The van der Waals surface area contributed by atoms with Gasteiger partial charge in [0.2, 0.25) is 0 Å². The molecule has 5 heteroatoms. The molecule has 2 unspecified atom stereocenters. The number of thiocarbonyl (C=S) groups is 1. The Morgan fingerprint density at radius 2 is 2.41 bits per heavy atom. The normalized spacial score (nSPS) is 23.6. The molecule has 17 heavy (non-hydrogen) atoms. The fourth-order valence-corrected chi connectivity index (χ4v) is 2.33. The molecule has 3 N–H and O–H groups in total. The van der Waals surface area contributed by atoms with Crippen molar-refractivity contribution in [3.8, 4) is 0 Å². The predicted octanol–water partition coefficient (Wildman–Crippen LogP) is 1.61. The van der Waals surface area contributed by atoms with Crippen molar-refractivity contribution in [2.24, 2.45) is 5.73 Å². The average Bonchev–Trinajstić information content (AvgIpc) is 2.64. The van der Waals surface area contributed by atoms with Gasteiger partial charge in [-0.25, -0.2) is 4.98 Å². The van der Waals surface area contributed by atoms with Crippen LogP contribution in [0.25, 0.3) is 0 Å². The van der Waals surface area contributed by atoms with Crippen molar-refractivity contribution >= 4 is 23.0 Å². The van der Waals surface area contributed by atoms with Gasteiger partial charge in [0.1, 0.15) is 10.8 Å². The molecule has 0 saturated carbocycles. The van der Waals surface area contributed by atoms with E-state index in [2.05, 4.69) is 17.2 Å². The van der Waals surface area contributed by atoms with Crippen LogP contribution in [0.1, 0.15) is 24.5 Å². The molecule has 1 saturated heterocycles.